The van der Waals surface area contributed by atoms with Crippen LogP contribution in [0.3, 0.4) is 0 Å². The van der Waals surface area contributed by atoms with E-state index in [2.05, 4.69) is 5.32 Å². The standard InChI is InChI=1S/C16H15BClNO3S2/c1-21-12-5-2-10(3-6-12)9-24-16(23)19-13-7-4-11-8-22-17(20)14(11)15(13)18/h2-7,20H,8-9H2,1H3,(H,19,23). The number of hydrogen-bond acceptors (Lipinski definition) is 5. The van der Waals surface area contributed by atoms with Crippen LogP contribution in [-0.2, 0) is 17.0 Å². The van der Waals surface area contributed by atoms with Gasteiger partial charge >= 0.3 is 7.12 Å². The number of hydrogen-bond donors (Lipinski definition) is 2. The van der Waals surface area contributed by atoms with Crippen LogP contribution < -0.4 is 15.5 Å². The van der Waals surface area contributed by atoms with Gasteiger partial charge in [0.15, 0.2) is 0 Å². The molecule has 0 spiro atoms. The Balaban J connectivity index is 1.62. The Bertz CT molecular complexity index is 758. The van der Waals surface area contributed by atoms with Crippen LogP contribution in [-0.4, -0.2) is 23.6 Å². The Morgan fingerprint density at radius 2 is 2.12 bits per heavy atom. The highest BCUT2D eigenvalue weighted by Crippen LogP contribution is 2.27. The molecule has 1 aliphatic heterocycles. The van der Waals surface area contributed by atoms with Crippen molar-refractivity contribution in [3.63, 3.8) is 0 Å². The van der Waals surface area contributed by atoms with Gasteiger partial charge in [0.2, 0.25) is 0 Å². The van der Waals surface area contributed by atoms with Gasteiger partial charge in [0.25, 0.3) is 0 Å². The fourth-order valence-corrected chi connectivity index (χ4v) is 3.68. The number of anilines is 1. The lowest BCUT2D eigenvalue weighted by Crippen LogP contribution is -2.29. The number of rotatable bonds is 4. The van der Waals surface area contributed by atoms with Crippen LogP contribution in [0.4, 0.5) is 5.69 Å². The van der Waals surface area contributed by atoms with Crippen molar-refractivity contribution in [3.05, 3.63) is 52.5 Å². The fourth-order valence-electron chi connectivity index (χ4n) is 2.39. The molecule has 0 fully saturated rings. The minimum Gasteiger partial charge on any atom is -0.497 e. The molecule has 124 valence electrons. The first-order valence-electron chi connectivity index (χ1n) is 7.26. The van der Waals surface area contributed by atoms with Gasteiger partial charge in [-0.2, -0.15) is 0 Å². The quantitative estimate of drug-likeness (QED) is 0.628. The molecule has 0 saturated carbocycles. The lowest BCUT2D eigenvalue weighted by atomic mass is 9.79. The third-order valence-corrected chi connectivity index (χ3v) is 5.38. The van der Waals surface area contributed by atoms with E-state index in [1.165, 1.54) is 11.8 Å². The van der Waals surface area contributed by atoms with Crippen LogP contribution in [0.25, 0.3) is 0 Å². The van der Waals surface area contributed by atoms with Crippen LogP contribution in [0, 0.1) is 0 Å². The summed E-state index contributed by atoms with van der Waals surface area (Å²) < 4.78 is 10.9. The number of fused-ring (bicyclic) bond motifs is 1. The highest BCUT2D eigenvalue weighted by Gasteiger charge is 2.31. The number of halogens is 1. The molecule has 1 aliphatic rings. The lowest BCUT2D eigenvalue weighted by Gasteiger charge is -2.12. The van der Waals surface area contributed by atoms with Crippen molar-refractivity contribution < 1.29 is 14.4 Å². The molecule has 0 aromatic heterocycles. The monoisotopic (exact) mass is 379 g/mol. The molecule has 3 rings (SSSR count). The Morgan fingerprint density at radius 1 is 1.38 bits per heavy atom. The molecule has 0 aliphatic carbocycles. The molecule has 2 aromatic rings. The Kier molecular flexibility index (Phi) is 5.68. The van der Waals surface area contributed by atoms with Gasteiger partial charge in [-0.15, -0.1) is 0 Å². The molecule has 0 amide bonds. The van der Waals surface area contributed by atoms with Crippen LogP contribution in [0.2, 0.25) is 5.02 Å². The van der Waals surface area contributed by atoms with Crippen LogP contribution in [0.1, 0.15) is 11.1 Å². The summed E-state index contributed by atoms with van der Waals surface area (Å²) in [4.78, 5) is 0. The third-order valence-electron chi connectivity index (χ3n) is 3.68. The fraction of sp³-hybridized carbons (Fsp3) is 0.188. The summed E-state index contributed by atoms with van der Waals surface area (Å²) in [6.45, 7) is 0.368. The first kappa shape index (κ1) is 17.6. The Hall–Kier alpha value is -1.25. The normalized spacial score (nSPS) is 12.9. The molecule has 2 N–H and O–H groups in total. The van der Waals surface area contributed by atoms with Crippen LogP contribution >= 0.6 is 35.6 Å². The second-order valence-corrected chi connectivity index (χ2v) is 7.24. The summed E-state index contributed by atoms with van der Waals surface area (Å²) in [5.74, 6) is 1.57. The summed E-state index contributed by atoms with van der Waals surface area (Å²) in [6.07, 6.45) is 0. The van der Waals surface area contributed by atoms with E-state index in [0.717, 1.165) is 22.6 Å². The molecule has 0 radical (unpaired) electrons. The molecule has 0 atom stereocenters. The zero-order valence-corrected chi connectivity index (χ0v) is 15.3. The molecular formula is C16H15BClNO3S2. The maximum absolute atomic E-state index is 9.83. The van der Waals surface area contributed by atoms with Crippen molar-refractivity contribution in [1.29, 1.82) is 0 Å². The van der Waals surface area contributed by atoms with E-state index in [4.69, 9.17) is 33.2 Å². The van der Waals surface area contributed by atoms with E-state index >= 15 is 0 Å². The second kappa shape index (κ2) is 7.76. The predicted molar refractivity (Wildman–Crippen MR) is 104 cm³/mol. The van der Waals surface area contributed by atoms with Crippen molar-refractivity contribution in [2.24, 2.45) is 0 Å². The molecule has 2 aromatic carbocycles. The topological polar surface area (TPSA) is 50.7 Å². The van der Waals surface area contributed by atoms with Gasteiger partial charge in [0, 0.05) is 11.2 Å². The number of benzene rings is 2. The number of ether oxygens (including phenoxy) is 1. The molecule has 24 heavy (non-hydrogen) atoms. The number of thiocarbonyl (C=S) groups is 1. The molecule has 4 nitrogen and oxygen atoms in total. The predicted octanol–water partition coefficient (Wildman–Crippen LogP) is 3.20. The molecule has 8 heteroatoms. The van der Waals surface area contributed by atoms with Gasteiger partial charge in [0.1, 0.15) is 10.1 Å². The number of methoxy groups -OCH3 is 1. The highest BCUT2D eigenvalue weighted by atomic mass is 35.5. The van der Waals surface area contributed by atoms with E-state index in [0.29, 0.717) is 27.1 Å². The highest BCUT2D eigenvalue weighted by molar-refractivity contribution is 8.22. The van der Waals surface area contributed by atoms with E-state index in [1.807, 2.05) is 36.4 Å². The van der Waals surface area contributed by atoms with E-state index in [9.17, 15) is 5.02 Å². The van der Waals surface area contributed by atoms with Crippen molar-refractivity contribution >= 4 is 58.2 Å². The van der Waals surface area contributed by atoms with Crippen LogP contribution in [0.15, 0.2) is 36.4 Å². The lowest BCUT2D eigenvalue weighted by molar-refractivity contribution is 0.275. The van der Waals surface area contributed by atoms with Crippen molar-refractivity contribution in [3.8, 4) is 5.75 Å². The molecule has 0 saturated heterocycles. The third kappa shape index (κ3) is 3.87. The first-order valence-corrected chi connectivity index (χ1v) is 9.03. The largest absolute Gasteiger partial charge is 0.497 e. The minimum absolute atomic E-state index is 0.368. The SMILES string of the molecule is COc1ccc(CSC(=S)Nc2ccc3c(c2Cl)B(O)OC3)cc1. The number of thioether (sulfide) groups is 1. The van der Waals surface area contributed by atoms with Gasteiger partial charge in [-0.25, -0.2) is 0 Å². The van der Waals surface area contributed by atoms with Gasteiger partial charge in [0.05, 0.1) is 24.4 Å². The van der Waals surface area contributed by atoms with E-state index in [-0.39, 0.29) is 0 Å². The smallest absolute Gasteiger partial charge is 0.493 e. The van der Waals surface area contributed by atoms with Gasteiger partial charge in [-0.3, -0.25) is 0 Å². The maximum Gasteiger partial charge on any atom is 0.493 e. The second-order valence-electron chi connectivity index (χ2n) is 5.21. The Labute approximate surface area is 155 Å². The Morgan fingerprint density at radius 3 is 2.83 bits per heavy atom. The summed E-state index contributed by atoms with van der Waals surface area (Å²) >= 11 is 13.2. The van der Waals surface area contributed by atoms with Crippen LogP contribution in [0.5, 0.6) is 5.75 Å². The van der Waals surface area contributed by atoms with Crippen molar-refractivity contribution in [1.82, 2.24) is 0 Å². The van der Waals surface area contributed by atoms with E-state index < -0.39 is 7.12 Å². The zero-order chi connectivity index (χ0) is 17.1. The maximum atomic E-state index is 9.83. The average Bonchev–Trinajstić information content (AvgIpc) is 2.98. The number of nitrogens with one attached hydrogen (secondary N) is 1. The minimum atomic E-state index is -0.977. The van der Waals surface area contributed by atoms with E-state index in [1.54, 1.807) is 7.11 Å². The summed E-state index contributed by atoms with van der Waals surface area (Å²) in [6, 6.07) is 11.6. The molecule has 0 bridgehead atoms. The van der Waals surface area contributed by atoms with Crippen molar-refractivity contribution in [2.45, 2.75) is 12.4 Å². The first-order chi connectivity index (χ1) is 11.6. The van der Waals surface area contributed by atoms with Gasteiger partial charge in [-0.05, 0) is 29.3 Å². The van der Waals surface area contributed by atoms with Gasteiger partial charge in [-0.1, -0.05) is 53.8 Å². The molecular weight excluding hydrogens is 365 g/mol. The molecule has 0 unspecified atom stereocenters. The summed E-state index contributed by atoms with van der Waals surface area (Å²) in [5, 5.41) is 13.4. The summed E-state index contributed by atoms with van der Waals surface area (Å²) in [5.41, 5.74) is 3.33. The zero-order valence-electron chi connectivity index (χ0n) is 12.9. The summed E-state index contributed by atoms with van der Waals surface area (Å²) in [7, 11) is 0.667. The van der Waals surface area contributed by atoms with Gasteiger partial charge < -0.3 is 19.7 Å². The average molecular weight is 380 g/mol. The molecule has 1 heterocycles. The van der Waals surface area contributed by atoms with Crippen molar-refractivity contribution in [2.75, 3.05) is 12.4 Å².